The lowest BCUT2D eigenvalue weighted by molar-refractivity contribution is -0.136. The van der Waals surface area contributed by atoms with E-state index in [0.717, 1.165) is 11.1 Å². The van der Waals surface area contributed by atoms with Gasteiger partial charge < -0.3 is 9.84 Å². The van der Waals surface area contributed by atoms with Crippen molar-refractivity contribution >= 4 is 17.6 Å². The van der Waals surface area contributed by atoms with E-state index in [-0.39, 0.29) is 6.42 Å². The van der Waals surface area contributed by atoms with E-state index in [1.54, 1.807) is 36.4 Å². The van der Waals surface area contributed by atoms with Gasteiger partial charge in [0.1, 0.15) is 12.4 Å². The van der Waals surface area contributed by atoms with Crippen LogP contribution in [0.25, 0.3) is 0 Å². The van der Waals surface area contributed by atoms with Crippen LogP contribution < -0.4 is 4.74 Å². The third kappa shape index (κ3) is 4.30. The molecule has 0 spiro atoms. The van der Waals surface area contributed by atoms with E-state index in [9.17, 15) is 4.79 Å². The molecule has 2 rings (SSSR count). The molecular weight excluding hydrogens is 264 g/mol. The highest BCUT2D eigenvalue weighted by Gasteiger charge is 2.02. The molecular formula is C15H13ClO3. The molecule has 2 aromatic rings. The molecule has 98 valence electrons. The van der Waals surface area contributed by atoms with Crippen molar-refractivity contribution in [1.82, 2.24) is 0 Å². The molecule has 0 fully saturated rings. The average Bonchev–Trinajstić information content (AvgIpc) is 2.38. The lowest BCUT2D eigenvalue weighted by atomic mass is 10.1. The van der Waals surface area contributed by atoms with Crippen LogP contribution in [0.15, 0.2) is 48.5 Å². The summed E-state index contributed by atoms with van der Waals surface area (Å²) in [7, 11) is 0. The molecule has 0 saturated heterocycles. The number of hydrogen-bond donors (Lipinski definition) is 1. The Kier molecular flexibility index (Phi) is 4.42. The number of carboxylic acids is 1. The Hall–Kier alpha value is -2.00. The van der Waals surface area contributed by atoms with Gasteiger partial charge in [0.25, 0.3) is 0 Å². The zero-order valence-corrected chi connectivity index (χ0v) is 10.9. The molecule has 0 saturated carbocycles. The van der Waals surface area contributed by atoms with Crippen molar-refractivity contribution in [3.8, 4) is 5.75 Å². The van der Waals surface area contributed by atoms with E-state index in [4.69, 9.17) is 21.4 Å². The van der Waals surface area contributed by atoms with Crippen LogP contribution >= 0.6 is 11.6 Å². The van der Waals surface area contributed by atoms with Gasteiger partial charge in [0, 0.05) is 5.02 Å². The van der Waals surface area contributed by atoms with Crippen LogP contribution in [0.5, 0.6) is 5.75 Å². The fourth-order valence-corrected chi connectivity index (χ4v) is 1.79. The Morgan fingerprint density at radius 1 is 1.11 bits per heavy atom. The highest BCUT2D eigenvalue weighted by molar-refractivity contribution is 6.30. The summed E-state index contributed by atoms with van der Waals surface area (Å²) in [5.74, 6) is -0.191. The molecule has 0 radical (unpaired) electrons. The highest BCUT2D eigenvalue weighted by Crippen LogP contribution is 2.16. The van der Waals surface area contributed by atoms with Gasteiger partial charge >= 0.3 is 5.97 Å². The van der Waals surface area contributed by atoms with Crippen molar-refractivity contribution in [2.24, 2.45) is 0 Å². The van der Waals surface area contributed by atoms with Crippen molar-refractivity contribution in [2.45, 2.75) is 13.0 Å². The highest BCUT2D eigenvalue weighted by atomic mass is 35.5. The minimum atomic E-state index is -0.852. The summed E-state index contributed by atoms with van der Waals surface area (Å²) < 4.78 is 5.62. The van der Waals surface area contributed by atoms with Crippen LogP contribution in [0.4, 0.5) is 0 Å². The molecule has 0 bridgehead atoms. The smallest absolute Gasteiger partial charge is 0.307 e. The minimum Gasteiger partial charge on any atom is -0.489 e. The van der Waals surface area contributed by atoms with E-state index < -0.39 is 5.97 Å². The second-order valence-corrected chi connectivity index (χ2v) is 4.57. The largest absolute Gasteiger partial charge is 0.489 e. The summed E-state index contributed by atoms with van der Waals surface area (Å²) in [5, 5.41) is 9.43. The summed E-state index contributed by atoms with van der Waals surface area (Å²) in [4.78, 5) is 10.6. The van der Waals surface area contributed by atoms with Gasteiger partial charge in [0.2, 0.25) is 0 Å². The Labute approximate surface area is 116 Å². The fraction of sp³-hybridized carbons (Fsp3) is 0.133. The van der Waals surface area contributed by atoms with Gasteiger partial charge in [-0.05, 0) is 35.4 Å². The summed E-state index contributed by atoms with van der Waals surface area (Å²) >= 11 is 5.80. The lowest BCUT2D eigenvalue weighted by Crippen LogP contribution is -2.01. The summed E-state index contributed by atoms with van der Waals surface area (Å²) in [6.45, 7) is 0.424. The van der Waals surface area contributed by atoms with Crippen LogP contribution in [0.3, 0.4) is 0 Å². The molecule has 0 atom stereocenters. The SMILES string of the molecule is O=C(O)Cc1cccc(OCc2ccc(Cl)cc2)c1. The number of carbonyl (C=O) groups is 1. The van der Waals surface area contributed by atoms with Crippen LogP contribution in [0, 0.1) is 0 Å². The Morgan fingerprint density at radius 2 is 1.84 bits per heavy atom. The first-order valence-corrected chi connectivity index (χ1v) is 6.19. The van der Waals surface area contributed by atoms with Crippen molar-refractivity contribution in [3.05, 3.63) is 64.7 Å². The number of aliphatic carboxylic acids is 1. The lowest BCUT2D eigenvalue weighted by Gasteiger charge is -2.07. The minimum absolute atomic E-state index is 0.00184. The van der Waals surface area contributed by atoms with E-state index >= 15 is 0 Å². The molecule has 1 N–H and O–H groups in total. The number of benzene rings is 2. The molecule has 3 nitrogen and oxygen atoms in total. The monoisotopic (exact) mass is 276 g/mol. The molecule has 0 aliphatic heterocycles. The summed E-state index contributed by atoms with van der Waals surface area (Å²) in [6, 6.07) is 14.5. The van der Waals surface area contributed by atoms with Gasteiger partial charge in [-0.2, -0.15) is 0 Å². The van der Waals surface area contributed by atoms with Gasteiger partial charge in [-0.1, -0.05) is 35.9 Å². The molecule has 19 heavy (non-hydrogen) atoms. The fourth-order valence-electron chi connectivity index (χ4n) is 1.67. The topological polar surface area (TPSA) is 46.5 Å². The average molecular weight is 277 g/mol. The molecule has 4 heteroatoms. The zero-order chi connectivity index (χ0) is 13.7. The zero-order valence-electron chi connectivity index (χ0n) is 10.2. The molecule has 0 amide bonds. The summed E-state index contributed by atoms with van der Waals surface area (Å²) in [6.07, 6.45) is -0.00184. The number of halogens is 1. The maximum Gasteiger partial charge on any atom is 0.307 e. The first kappa shape index (κ1) is 13.4. The molecule has 0 aliphatic rings. The normalized spacial score (nSPS) is 10.2. The molecule has 0 unspecified atom stereocenters. The van der Waals surface area contributed by atoms with Crippen molar-refractivity contribution in [2.75, 3.05) is 0 Å². The Balaban J connectivity index is 1.99. The van der Waals surface area contributed by atoms with Gasteiger partial charge in [-0.25, -0.2) is 0 Å². The Morgan fingerprint density at radius 3 is 2.53 bits per heavy atom. The van der Waals surface area contributed by atoms with Crippen LogP contribution in [0.2, 0.25) is 5.02 Å². The number of ether oxygens (including phenoxy) is 1. The van der Waals surface area contributed by atoms with Crippen LogP contribution in [-0.2, 0) is 17.8 Å². The van der Waals surface area contributed by atoms with Gasteiger partial charge in [-0.15, -0.1) is 0 Å². The molecule has 0 aromatic heterocycles. The van der Waals surface area contributed by atoms with Gasteiger partial charge in [0.15, 0.2) is 0 Å². The van der Waals surface area contributed by atoms with E-state index in [2.05, 4.69) is 0 Å². The van der Waals surface area contributed by atoms with Crippen LogP contribution in [-0.4, -0.2) is 11.1 Å². The predicted octanol–water partition coefficient (Wildman–Crippen LogP) is 3.55. The van der Waals surface area contributed by atoms with Crippen molar-refractivity contribution in [1.29, 1.82) is 0 Å². The van der Waals surface area contributed by atoms with E-state index in [0.29, 0.717) is 17.4 Å². The van der Waals surface area contributed by atoms with Crippen molar-refractivity contribution < 1.29 is 14.6 Å². The quantitative estimate of drug-likeness (QED) is 0.908. The van der Waals surface area contributed by atoms with Gasteiger partial charge in [-0.3, -0.25) is 4.79 Å². The number of carboxylic acid groups (broad SMARTS) is 1. The Bertz CT molecular complexity index is 564. The van der Waals surface area contributed by atoms with Crippen LogP contribution in [0.1, 0.15) is 11.1 Å². The second-order valence-electron chi connectivity index (χ2n) is 4.13. The third-order valence-electron chi connectivity index (χ3n) is 2.57. The number of hydrogen-bond acceptors (Lipinski definition) is 2. The van der Waals surface area contributed by atoms with Gasteiger partial charge in [0.05, 0.1) is 6.42 Å². The second kappa shape index (κ2) is 6.25. The molecule has 0 heterocycles. The first-order valence-electron chi connectivity index (χ1n) is 5.81. The standard InChI is InChI=1S/C15H13ClO3/c16-13-6-4-11(5-7-13)10-19-14-3-1-2-12(8-14)9-15(17)18/h1-8H,9-10H2,(H,17,18). The molecule has 0 aliphatic carbocycles. The maximum absolute atomic E-state index is 10.6. The van der Waals surface area contributed by atoms with Crippen molar-refractivity contribution in [3.63, 3.8) is 0 Å². The third-order valence-corrected chi connectivity index (χ3v) is 2.82. The predicted molar refractivity (Wildman–Crippen MR) is 73.6 cm³/mol. The maximum atomic E-state index is 10.6. The molecule has 2 aromatic carbocycles. The van der Waals surface area contributed by atoms with E-state index in [1.807, 2.05) is 12.1 Å². The number of rotatable bonds is 5. The van der Waals surface area contributed by atoms with E-state index in [1.165, 1.54) is 0 Å². The summed E-state index contributed by atoms with van der Waals surface area (Å²) in [5.41, 5.74) is 1.73. The first-order chi connectivity index (χ1) is 9.13.